The minimum Gasteiger partial charge on any atom is -0.489 e. The van der Waals surface area contributed by atoms with E-state index in [9.17, 15) is 14.4 Å². The molecule has 1 unspecified atom stereocenters. The van der Waals surface area contributed by atoms with Gasteiger partial charge in [-0.15, -0.1) is 23.1 Å². The fraction of sp³-hybridized carbons (Fsp3) is 0.364. The summed E-state index contributed by atoms with van der Waals surface area (Å²) in [6.45, 7) is 11.2. The van der Waals surface area contributed by atoms with E-state index in [4.69, 9.17) is 9.72 Å². The van der Waals surface area contributed by atoms with E-state index >= 15 is 0 Å². The lowest BCUT2D eigenvalue weighted by atomic mass is 9.71. The minimum absolute atomic E-state index is 0.0964. The topological polar surface area (TPSA) is 88.9 Å². The first-order valence-electron chi connectivity index (χ1n) is 13.9. The standard InChI is InChI=1S/C33H35N3O4S2/c1-18-17-41-31(34-18)32-35-25-13-12-24(14-26(25)42-32)40-16-22-8-10-23(11-9-22)36(7)27(37)15-33(5,6)28-21(4)29(38)19(2)20(3)30(28)39/h8-14,18H,15-17H2,1-7H3. The van der Waals surface area contributed by atoms with Crippen molar-refractivity contribution in [2.75, 3.05) is 17.7 Å². The van der Waals surface area contributed by atoms with Crippen LogP contribution in [0.4, 0.5) is 5.69 Å². The second-order valence-corrected chi connectivity index (χ2v) is 13.7. The van der Waals surface area contributed by atoms with Crippen molar-refractivity contribution >= 4 is 61.5 Å². The predicted octanol–water partition coefficient (Wildman–Crippen LogP) is 6.94. The molecule has 0 fully saturated rings. The summed E-state index contributed by atoms with van der Waals surface area (Å²) in [7, 11) is 1.73. The number of aromatic nitrogens is 1. The number of anilines is 1. The van der Waals surface area contributed by atoms with Crippen molar-refractivity contribution < 1.29 is 19.1 Å². The Kier molecular flexibility index (Phi) is 8.27. The molecule has 2 aromatic carbocycles. The van der Waals surface area contributed by atoms with Gasteiger partial charge >= 0.3 is 0 Å². The van der Waals surface area contributed by atoms with Crippen molar-refractivity contribution in [2.45, 2.75) is 60.6 Å². The van der Waals surface area contributed by atoms with Gasteiger partial charge in [0.15, 0.2) is 11.6 Å². The highest BCUT2D eigenvalue weighted by Crippen LogP contribution is 2.39. The monoisotopic (exact) mass is 601 g/mol. The van der Waals surface area contributed by atoms with Crippen molar-refractivity contribution in [3.8, 4) is 5.75 Å². The molecule has 1 aliphatic carbocycles. The van der Waals surface area contributed by atoms with E-state index in [0.717, 1.165) is 43.0 Å². The first kappa shape index (κ1) is 29.9. The number of thiazole rings is 1. The van der Waals surface area contributed by atoms with E-state index in [1.165, 1.54) is 0 Å². The number of ketones is 2. The van der Waals surface area contributed by atoms with Crippen LogP contribution in [-0.4, -0.2) is 46.3 Å². The molecular weight excluding hydrogens is 567 g/mol. The summed E-state index contributed by atoms with van der Waals surface area (Å²) in [5.41, 5.74) is 3.66. The molecule has 9 heteroatoms. The normalized spacial score (nSPS) is 17.8. The van der Waals surface area contributed by atoms with E-state index < -0.39 is 5.41 Å². The van der Waals surface area contributed by atoms with E-state index in [2.05, 4.69) is 11.9 Å². The Bertz CT molecular complexity index is 1700. The maximum atomic E-state index is 13.3. The number of allylic oxidation sites excluding steroid dienone is 4. The largest absolute Gasteiger partial charge is 0.489 e. The average Bonchev–Trinajstić information content (AvgIpc) is 3.59. The zero-order chi connectivity index (χ0) is 30.3. The number of amides is 1. The first-order chi connectivity index (χ1) is 19.9. The van der Waals surface area contributed by atoms with Gasteiger partial charge in [-0.2, -0.15) is 0 Å². The summed E-state index contributed by atoms with van der Waals surface area (Å²) >= 11 is 3.39. The van der Waals surface area contributed by atoms with Crippen LogP contribution in [0.1, 0.15) is 58.5 Å². The van der Waals surface area contributed by atoms with Gasteiger partial charge in [0.2, 0.25) is 5.91 Å². The highest BCUT2D eigenvalue weighted by atomic mass is 32.2. The van der Waals surface area contributed by atoms with Gasteiger partial charge in [-0.25, -0.2) is 4.98 Å². The number of nitrogens with zero attached hydrogens (tertiary/aromatic N) is 3. The Morgan fingerprint density at radius 1 is 1.02 bits per heavy atom. The summed E-state index contributed by atoms with van der Waals surface area (Å²) in [4.78, 5) is 50.1. The summed E-state index contributed by atoms with van der Waals surface area (Å²) in [6.07, 6.45) is 0.0964. The lowest BCUT2D eigenvalue weighted by molar-refractivity contribution is -0.121. The SMILES string of the molecule is CC1=C(C)C(=O)C(C(C)(C)CC(=O)N(C)c2ccc(COc3ccc4nc(C5=NC(C)CS5)sc4c3)cc2)=C(C)C1=O. The number of carbonyl (C=O) groups is 3. The molecule has 5 rings (SSSR count). The number of hydrogen-bond donors (Lipinski definition) is 0. The Hall–Kier alpha value is -3.56. The van der Waals surface area contributed by atoms with Gasteiger partial charge in [0, 0.05) is 52.6 Å². The van der Waals surface area contributed by atoms with Gasteiger partial charge in [-0.1, -0.05) is 26.0 Å². The molecule has 0 radical (unpaired) electrons. The highest BCUT2D eigenvalue weighted by molar-refractivity contribution is 8.15. The van der Waals surface area contributed by atoms with Crippen molar-refractivity contribution in [3.05, 3.63) is 75.3 Å². The van der Waals surface area contributed by atoms with Gasteiger partial charge in [0.1, 0.15) is 22.4 Å². The molecule has 218 valence electrons. The summed E-state index contributed by atoms with van der Waals surface area (Å²) in [5, 5.41) is 1.98. The third kappa shape index (κ3) is 5.85. The van der Waals surface area contributed by atoms with Crippen LogP contribution in [0.2, 0.25) is 0 Å². The van der Waals surface area contributed by atoms with Gasteiger partial charge in [-0.3, -0.25) is 19.4 Å². The fourth-order valence-corrected chi connectivity index (χ4v) is 7.38. The second-order valence-electron chi connectivity index (χ2n) is 11.6. The molecular formula is C33H35N3O4S2. The summed E-state index contributed by atoms with van der Waals surface area (Å²) in [6, 6.07) is 13.9. The molecule has 0 saturated heterocycles. The van der Waals surface area contributed by atoms with Crippen LogP contribution in [0.15, 0.2) is 69.7 Å². The number of hydrogen-bond acceptors (Lipinski definition) is 8. The van der Waals surface area contributed by atoms with E-state index in [1.54, 1.807) is 55.8 Å². The van der Waals surface area contributed by atoms with Crippen LogP contribution < -0.4 is 9.64 Å². The van der Waals surface area contributed by atoms with Crippen LogP contribution >= 0.6 is 23.1 Å². The van der Waals surface area contributed by atoms with Crippen LogP contribution in [0.3, 0.4) is 0 Å². The number of fused-ring (bicyclic) bond motifs is 1. The molecule has 42 heavy (non-hydrogen) atoms. The average molecular weight is 602 g/mol. The molecule has 2 aliphatic rings. The first-order valence-corrected chi connectivity index (χ1v) is 15.7. The number of rotatable bonds is 8. The zero-order valence-corrected chi connectivity index (χ0v) is 26.7. The molecule has 3 aromatic rings. The Morgan fingerprint density at radius 3 is 2.38 bits per heavy atom. The predicted molar refractivity (Wildman–Crippen MR) is 172 cm³/mol. The van der Waals surface area contributed by atoms with Gasteiger partial charge < -0.3 is 9.64 Å². The minimum atomic E-state index is -0.792. The molecule has 0 saturated carbocycles. The molecule has 1 aromatic heterocycles. The van der Waals surface area contributed by atoms with Crippen LogP contribution in [0.25, 0.3) is 10.2 Å². The lowest BCUT2D eigenvalue weighted by Gasteiger charge is -2.32. The zero-order valence-electron chi connectivity index (χ0n) is 25.0. The van der Waals surface area contributed by atoms with Crippen LogP contribution in [-0.2, 0) is 21.0 Å². The van der Waals surface area contributed by atoms with E-state index in [1.807, 2.05) is 56.3 Å². The number of carbonyl (C=O) groups excluding carboxylic acids is 3. The van der Waals surface area contributed by atoms with E-state index in [-0.39, 0.29) is 23.9 Å². The van der Waals surface area contributed by atoms with Crippen molar-refractivity contribution in [1.82, 2.24) is 4.98 Å². The Balaban J connectivity index is 1.22. The quantitative estimate of drug-likeness (QED) is 0.260. The number of thioether (sulfide) groups is 1. The Morgan fingerprint density at radius 2 is 1.71 bits per heavy atom. The molecule has 0 spiro atoms. The molecule has 0 bridgehead atoms. The van der Waals surface area contributed by atoms with Crippen molar-refractivity contribution in [1.29, 1.82) is 0 Å². The molecule has 1 amide bonds. The molecule has 1 atom stereocenters. The maximum absolute atomic E-state index is 13.3. The fourth-order valence-electron chi connectivity index (χ4n) is 5.30. The van der Waals surface area contributed by atoms with Crippen molar-refractivity contribution in [2.24, 2.45) is 10.4 Å². The van der Waals surface area contributed by atoms with Crippen LogP contribution in [0.5, 0.6) is 5.75 Å². The third-order valence-corrected chi connectivity index (χ3v) is 10.3. The summed E-state index contributed by atoms with van der Waals surface area (Å²) < 4.78 is 7.14. The number of Topliss-reactive ketones (excluding diaryl/α,β-unsaturated/α-hetero) is 2. The lowest BCUT2D eigenvalue weighted by Crippen LogP contribution is -2.36. The molecule has 7 nitrogen and oxygen atoms in total. The molecule has 2 heterocycles. The molecule has 1 aliphatic heterocycles. The molecule has 0 N–H and O–H groups in total. The number of benzene rings is 2. The van der Waals surface area contributed by atoms with Gasteiger partial charge in [0.25, 0.3) is 0 Å². The number of aliphatic imine (C=N–C) groups is 1. The second kappa shape index (κ2) is 11.6. The summed E-state index contributed by atoms with van der Waals surface area (Å²) in [5.74, 6) is 1.35. The maximum Gasteiger partial charge on any atom is 0.227 e. The van der Waals surface area contributed by atoms with E-state index in [0.29, 0.717) is 34.9 Å². The third-order valence-electron chi connectivity index (χ3n) is 7.90. The van der Waals surface area contributed by atoms with Crippen molar-refractivity contribution in [3.63, 3.8) is 0 Å². The smallest absolute Gasteiger partial charge is 0.227 e. The number of ether oxygens (including phenoxy) is 1. The highest BCUT2D eigenvalue weighted by Gasteiger charge is 2.39. The Labute approximate surface area is 254 Å². The van der Waals surface area contributed by atoms with Gasteiger partial charge in [0.05, 0.1) is 16.3 Å². The van der Waals surface area contributed by atoms with Crippen LogP contribution in [0, 0.1) is 5.41 Å². The van der Waals surface area contributed by atoms with Gasteiger partial charge in [-0.05, 0) is 63.6 Å².